The van der Waals surface area contributed by atoms with Gasteiger partial charge < -0.3 is 15.4 Å². The zero-order valence-electron chi connectivity index (χ0n) is 16.2. The van der Waals surface area contributed by atoms with E-state index in [-0.39, 0.29) is 24.0 Å². The van der Waals surface area contributed by atoms with Crippen molar-refractivity contribution in [3.63, 3.8) is 0 Å². The Morgan fingerprint density at radius 2 is 2.04 bits per heavy atom. The van der Waals surface area contributed by atoms with Gasteiger partial charge in [-0.15, -0.1) is 24.0 Å². The molecule has 2 aliphatic heterocycles. The Bertz CT molecular complexity index is 675. The highest BCUT2D eigenvalue weighted by Crippen LogP contribution is 2.38. The van der Waals surface area contributed by atoms with Crippen LogP contribution >= 0.6 is 24.0 Å². The van der Waals surface area contributed by atoms with Crippen LogP contribution in [-0.4, -0.2) is 43.7 Å². The summed E-state index contributed by atoms with van der Waals surface area (Å²) in [6, 6.07) is 5.63. The third-order valence-electron chi connectivity index (χ3n) is 5.78. The van der Waals surface area contributed by atoms with E-state index in [1.54, 1.807) is 6.07 Å². The first kappa shape index (κ1) is 23.3. The van der Waals surface area contributed by atoms with E-state index in [1.165, 1.54) is 18.6 Å². The molecule has 0 aliphatic carbocycles. The van der Waals surface area contributed by atoms with Gasteiger partial charge in [-0.1, -0.05) is 25.1 Å². The Labute approximate surface area is 181 Å². The molecule has 2 aliphatic rings. The van der Waals surface area contributed by atoms with E-state index in [0.717, 1.165) is 25.6 Å². The van der Waals surface area contributed by atoms with Crippen molar-refractivity contribution in [2.24, 2.45) is 16.6 Å². The number of rotatable bonds is 3. The maximum Gasteiger partial charge on any atom is 0.416 e. The summed E-state index contributed by atoms with van der Waals surface area (Å²) in [5.74, 6) is 1.08. The second-order valence-corrected chi connectivity index (χ2v) is 7.84. The maximum absolute atomic E-state index is 13.2. The minimum atomic E-state index is -4.35. The molecule has 2 N–H and O–H groups in total. The standard InChI is InChI=1S/C20H28F3N3O.HI/c1-15-4-3-9-26(13-15)18(24)25-14-19(7-10-27-11-8-19)16-5-2-6-17(12-16)20(21,22)23;/h2,5-6,12,15H,3-4,7-11,13-14H2,1H3,(H2,24,25);1H. The second kappa shape index (κ2) is 9.65. The molecular weight excluding hydrogens is 482 g/mol. The molecule has 2 heterocycles. The number of guanidine groups is 1. The Morgan fingerprint density at radius 3 is 2.68 bits per heavy atom. The van der Waals surface area contributed by atoms with Crippen LogP contribution in [0.5, 0.6) is 0 Å². The van der Waals surface area contributed by atoms with Crippen LogP contribution in [0.4, 0.5) is 13.2 Å². The highest BCUT2D eigenvalue weighted by molar-refractivity contribution is 14.0. The molecule has 0 radical (unpaired) electrons. The van der Waals surface area contributed by atoms with Crippen LogP contribution in [0.3, 0.4) is 0 Å². The zero-order valence-corrected chi connectivity index (χ0v) is 18.5. The third-order valence-corrected chi connectivity index (χ3v) is 5.78. The van der Waals surface area contributed by atoms with Gasteiger partial charge in [0.2, 0.25) is 0 Å². The van der Waals surface area contributed by atoms with Gasteiger partial charge >= 0.3 is 6.18 Å². The number of benzene rings is 1. The summed E-state index contributed by atoms with van der Waals surface area (Å²) in [7, 11) is 0. The predicted octanol–water partition coefficient (Wildman–Crippen LogP) is 4.42. The SMILES string of the molecule is CC1CCCN(C(N)=NCC2(c3cccc(C(F)(F)F)c3)CCOCC2)C1.I. The van der Waals surface area contributed by atoms with E-state index < -0.39 is 17.2 Å². The molecule has 1 atom stereocenters. The normalized spacial score (nSPS) is 23.2. The number of piperidine rings is 1. The predicted molar refractivity (Wildman–Crippen MR) is 115 cm³/mol. The first-order chi connectivity index (χ1) is 12.8. The minimum absolute atomic E-state index is 0. The molecule has 0 saturated carbocycles. The molecule has 1 aromatic rings. The van der Waals surface area contributed by atoms with Gasteiger partial charge in [-0.25, -0.2) is 0 Å². The maximum atomic E-state index is 13.2. The number of nitrogens with zero attached hydrogens (tertiary/aromatic N) is 2. The molecule has 2 saturated heterocycles. The van der Waals surface area contributed by atoms with Gasteiger partial charge in [0, 0.05) is 31.7 Å². The topological polar surface area (TPSA) is 50.8 Å². The molecule has 4 nitrogen and oxygen atoms in total. The average Bonchev–Trinajstić information content (AvgIpc) is 2.66. The monoisotopic (exact) mass is 511 g/mol. The van der Waals surface area contributed by atoms with Gasteiger partial charge in [0.25, 0.3) is 0 Å². The van der Waals surface area contributed by atoms with Crippen LogP contribution in [-0.2, 0) is 16.3 Å². The van der Waals surface area contributed by atoms with Crippen molar-refractivity contribution in [3.8, 4) is 0 Å². The lowest BCUT2D eigenvalue weighted by molar-refractivity contribution is -0.137. The molecule has 0 bridgehead atoms. The highest BCUT2D eigenvalue weighted by Gasteiger charge is 2.37. The Kier molecular flexibility index (Phi) is 8.01. The Balaban J connectivity index is 0.00000280. The van der Waals surface area contributed by atoms with E-state index in [4.69, 9.17) is 10.5 Å². The summed E-state index contributed by atoms with van der Waals surface area (Å²) in [6.07, 6.45) is -0.795. The van der Waals surface area contributed by atoms with Gasteiger partial charge in [0.1, 0.15) is 0 Å². The molecule has 0 amide bonds. The number of nitrogens with two attached hydrogens (primary N) is 1. The second-order valence-electron chi connectivity index (χ2n) is 7.84. The lowest BCUT2D eigenvalue weighted by atomic mass is 9.74. The first-order valence-electron chi connectivity index (χ1n) is 9.60. The smallest absolute Gasteiger partial charge is 0.381 e. The van der Waals surface area contributed by atoms with Crippen molar-refractivity contribution in [1.82, 2.24) is 4.90 Å². The lowest BCUT2D eigenvalue weighted by Crippen LogP contribution is -2.45. The van der Waals surface area contributed by atoms with Gasteiger partial charge in [0.15, 0.2) is 5.96 Å². The van der Waals surface area contributed by atoms with Crippen molar-refractivity contribution in [2.75, 3.05) is 32.8 Å². The molecular formula is C20H29F3IN3O. The fourth-order valence-corrected chi connectivity index (χ4v) is 4.06. The number of hydrogen-bond acceptors (Lipinski definition) is 2. The summed E-state index contributed by atoms with van der Waals surface area (Å²) >= 11 is 0. The average molecular weight is 511 g/mol. The minimum Gasteiger partial charge on any atom is -0.381 e. The van der Waals surface area contributed by atoms with Crippen molar-refractivity contribution in [1.29, 1.82) is 0 Å². The van der Waals surface area contributed by atoms with Crippen molar-refractivity contribution < 1.29 is 17.9 Å². The molecule has 28 heavy (non-hydrogen) atoms. The highest BCUT2D eigenvalue weighted by atomic mass is 127. The molecule has 2 fully saturated rings. The number of alkyl halides is 3. The largest absolute Gasteiger partial charge is 0.416 e. The number of halogens is 4. The van der Waals surface area contributed by atoms with E-state index in [9.17, 15) is 13.2 Å². The number of ether oxygens (including phenoxy) is 1. The molecule has 0 spiro atoms. The lowest BCUT2D eigenvalue weighted by Gasteiger charge is -2.38. The quantitative estimate of drug-likeness (QED) is 0.372. The molecule has 8 heteroatoms. The van der Waals surface area contributed by atoms with Crippen LogP contribution in [0.25, 0.3) is 0 Å². The molecule has 1 unspecified atom stereocenters. The van der Waals surface area contributed by atoms with E-state index in [0.29, 0.717) is 50.0 Å². The van der Waals surface area contributed by atoms with Crippen LogP contribution in [0.1, 0.15) is 43.7 Å². The molecule has 1 aromatic carbocycles. The van der Waals surface area contributed by atoms with E-state index >= 15 is 0 Å². The zero-order chi connectivity index (χ0) is 19.5. The van der Waals surface area contributed by atoms with Crippen molar-refractivity contribution in [2.45, 2.75) is 44.2 Å². The summed E-state index contributed by atoms with van der Waals surface area (Å²) in [5.41, 5.74) is 5.81. The van der Waals surface area contributed by atoms with Crippen LogP contribution in [0, 0.1) is 5.92 Å². The number of aliphatic imine (C=N–C) groups is 1. The summed E-state index contributed by atoms with van der Waals surface area (Å²) in [4.78, 5) is 6.72. The molecule has 0 aromatic heterocycles. The van der Waals surface area contributed by atoms with Crippen molar-refractivity contribution >= 4 is 29.9 Å². The first-order valence-corrected chi connectivity index (χ1v) is 9.60. The fourth-order valence-electron chi connectivity index (χ4n) is 4.06. The fraction of sp³-hybridized carbons (Fsp3) is 0.650. The van der Waals surface area contributed by atoms with Crippen LogP contribution < -0.4 is 5.73 Å². The molecule has 158 valence electrons. The van der Waals surface area contributed by atoms with Gasteiger partial charge in [-0.3, -0.25) is 4.99 Å². The third kappa shape index (κ3) is 5.52. The van der Waals surface area contributed by atoms with E-state index in [1.807, 2.05) is 0 Å². The van der Waals surface area contributed by atoms with E-state index in [2.05, 4.69) is 16.8 Å². The van der Waals surface area contributed by atoms with Crippen LogP contribution in [0.2, 0.25) is 0 Å². The number of likely N-dealkylation sites (tertiary alicyclic amines) is 1. The van der Waals surface area contributed by atoms with Crippen LogP contribution in [0.15, 0.2) is 29.3 Å². The molecule has 3 rings (SSSR count). The summed E-state index contributed by atoms with van der Waals surface area (Å²) in [6.45, 7) is 5.39. The summed E-state index contributed by atoms with van der Waals surface area (Å²) in [5, 5.41) is 0. The van der Waals surface area contributed by atoms with Gasteiger partial charge in [-0.05, 0) is 43.2 Å². The Morgan fingerprint density at radius 1 is 1.32 bits per heavy atom. The van der Waals surface area contributed by atoms with Crippen molar-refractivity contribution in [3.05, 3.63) is 35.4 Å². The van der Waals surface area contributed by atoms with Gasteiger partial charge in [-0.2, -0.15) is 13.2 Å². The number of hydrogen-bond donors (Lipinski definition) is 1. The summed E-state index contributed by atoms with van der Waals surface area (Å²) < 4.78 is 45.0. The Hall–Kier alpha value is -1.03. The van der Waals surface area contributed by atoms with Gasteiger partial charge in [0.05, 0.1) is 12.1 Å².